The molecule has 0 spiro atoms. The molecule has 9 heteroatoms. The topological polar surface area (TPSA) is 126 Å². The fourth-order valence-electron chi connectivity index (χ4n) is 2.62. The fourth-order valence-corrected chi connectivity index (χ4v) is 3.99. The van der Waals surface area contributed by atoms with Crippen LogP contribution in [-0.4, -0.2) is 47.4 Å². The molecule has 0 saturated heterocycles. The standard InChI is InChI=1S/C20H17AsN2O6/c1-11(24)22-12-6-8-13(9-7-12)29-20-15-5-3-2-4-14(15)18(27)17(23-20)19(28)21-10-16(25)26/h2-9,21,27H,10H2,1H3,(H,22,24)(H,25,26). The Morgan fingerprint density at radius 3 is 2.34 bits per heavy atom. The van der Waals surface area contributed by atoms with Crippen LogP contribution in [0.2, 0.25) is 5.21 Å². The van der Waals surface area contributed by atoms with E-state index in [-0.39, 0.29) is 28.4 Å². The third-order valence-electron chi connectivity index (χ3n) is 3.85. The van der Waals surface area contributed by atoms with Gasteiger partial charge >= 0.3 is 172 Å². The van der Waals surface area contributed by atoms with Crippen LogP contribution in [0.5, 0.6) is 17.4 Å². The molecule has 1 atom stereocenters. The summed E-state index contributed by atoms with van der Waals surface area (Å²) in [5.74, 6) is -1.00. The first-order valence-electron chi connectivity index (χ1n) is 8.52. The molecule has 0 aliphatic carbocycles. The van der Waals surface area contributed by atoms with Crippen molar-refractivity contribution in [2.75, 3.05) is 5.32 Å². The number of nitrogens with one attached hydrogen (secondary N) is 1. The van der Waals surface area contributed by atoms with Gasteiger partial charge in [0.1, 0.15) is 0 Å². The second-order valence-corrected chi connectivity index (χ2v) is 8.48. The molecule has 0 aliphatic rings. The number of hydrogen-bond acceptors (Lipinski definition) is 6. The Bertz CT molecular complexity index is 1100. The summed E-state index contributed by atoms with van der Waals surface area (Å²) < 4.78 is 5.36. The predicted octanol–water partition coefficient (Wildman–Crippen LogP) is 2.77. The normalized spacial score (nSPS) is 10.9. The fraction of sp³-hybridized carbons (Fsp3) is 0.100. The van der Waals surface area contributed by atoms with Gasteiger partial charge in [-0.2, -0.15) is 0 Å². The van der Waals surface area contributed by atoms with Crippen LogP contribution < -0.4 is 10.1 Å². The summed E-state index contributed by atoms with van der Waals surface area (Å²) in [6.07, 6.45) is 0. The van der Waals surface area contributed by atoms with Gasteiger partial charge in [0.15, 0.2) is 0 Å². The quantitative estimate of drug-likeness (QED) is 0.467. The van der Waals surface area contributed by atoms with Gasteiger partial charge in [0.05, 0.1) is 0 Å². The number of fused-ring (bicyclic) bond motifs is 1. The zero-order valence-corrected chi connectivity index (χ0v) is 17.4. The van der Waals surface area contributed by atoms with Gasteiger partial charge in [-0.25, -0.2) is 0 Å². The van der Waals surface area contributed by atoms with Gasteiger partial charge < -0.3 is 0 Å². The Morgan fingerprint density at radius 2 is 1.72 bits per heavy atom. The molecule has 0 saturated carbocycles. The van der Waals surface area contributed by atoms with Crippen LogP contribution in [0, 0.1) is 0 Å². The number of hydrogen-bond donors (Lipinski definition) is 3. The van der Waals surface area contributed by atoms with Crippen LogP contribution in [0.25, 0.3) is 10.8 Å². The van der Waals surface area contributed by atoms with Gasteiger partial charge in [0.25, 0.3) is 0 Å². The number of carboxylic acids is 1. The van der Waals surface area contributed by atoms with Gasteiger partial charge in [-0.3, -0.25) is 0 Å². The van der Waals surface area contributed by atoms with Crippen LogP contribution in [0.3, 0.4) is 0 Å². The van der Waals surface area contributed by atoms with Gasteiger partial charge in [0, 0.05) is 0 Å². The summed E-state index contributed by atoms with van der Waals surface area (Å²) in [6.45, 7) is 1.41. The SMILES string of the molecule is CC(=O)Nc1ccc(Oc2nc(C(=O)[AsH]CC(=O)O)c(O)c3ccccc23)cc1. The minimum absolute atomic E-state index is 0.121. The van der Waals surface area contributed by atoms with Crippen molar-refractivity contribution in [3.63, 3.8) is 0 Å². The van der Waals surface area contributed by atoms with Crippen molar-refractivity contribution in [2.45, 2.75) is 12.1 Å². The Labute approximate surface area is 172 Å². The third-order valence-corrected chi connectivity index (χ3v) is 6.03. The molecular formula is C20H17AsN2O6. The number of rotatable bonds is 7. The van der Waals surface area contributed by atoms with Crippen molar-refractivity contribution in [1.82, 2.24) is 4.98 Å². The maximum atomic E-state index is 12.4. The number of carbonyl (C=O) groups is 3. The Hall–Kier alpha value is -3.38. The van der Waals surface area contributed by atoms with Crippen LogP contribution >= 0.6 is 0 Å². The Kier molecular flexibility index (Phi) is 6.14. The second-order valence-electron chi connectivity index (χ2n) is 6.04. The van der Waals surface area contributed by atoms with Crippen molar-refractivity contribution < 1.29 is 29.3 Å². The molecule has 0 aliphatic heterocycles. The summed E-state index contributed by atoms with van der Waals surface area (Å²) in [5, 5.41) is 22.6. The van der Waals surface area contributed by atoms with E-state index in [1.807, 2.05) is 0 Å². The van der Waals surface area contributed by atoms with Crippen LogP contribution in [0.4, 0.5) is 5.69 Å². The molecule has 1 unspecified atom stereocenters. The number of benzene rings is 2. The molecule has 1 amide bonds. The molecule has 1 aromatic heterocycles. The molecule has 3 aromatic rings. The van der Waals surface area contributed by atoms with E-state index < -0.39 is 26.3 Å². The predicted molar refractivity (Wildman–Crippen MR) is 108 cm³/mol. The molecule has 0 radical (unpaired) electrons. The summed E-state index contributed by atoms with van der Waals surface area (Å²) in [6, 6.07) is 13.4. The van der Waals surface area contributed by atoms with Gasteiger partial charge in [0.2, 0.25) is 0 Å². The summed E-state index contributed by atoms with van der Waals surface area (Å²) in [4.78, 5) is 38.5. The maximum absolute atomic E-state index is 12.4. The Balaban J connectivity index is 1.98. The molecule has 8 nitrogen and oxygen atoms in total. The van der Waals surface area contributed by atoms with E-state index in [1.165, 1.54) is 6.92 Å². The average Bonchev–Trinajstić information content (AvgIpc) is 2.69. The van der Waals surface area contributed by atoms with E-state index >= 15 is 0 Å². The molecule has 29 heavy (non-hydrogen) atoms. The second kappa shape index (κ2) is 8.75. The summed E-state index contributed by atoms with van der Waals surface area (Å²) in [7, 11) is 0. The van der Waals surface area contributed by atoms with Gasteiger partial charge in [-0.05, 0) is 0 Å². The zero-order chi connectivity index (χ0) is 21.0. The minimum atomic E-state index is -1.52. The van der Waals surface area contributed by atoms with Crippen LogP contribution in [-0.2, 0) is 9.59 Å². The van der Waals surface area contributed by atoms with E-state index in [9.17, 15) is 19.5 Å². The van der Waals surface area contributed by atoms with Crippen LogP contribution in [0.15, 0.2) is 48.5 Å². The number of carbonyl (C=O) groups excluding carboxylic acids is 2. The van der Waals surface area contributed by atoms with E-state index in [0.29, 0.717) is 22.2 Å². The molecule has 2 aromatic carbocycles. The number of ether oxygens (including phenoxy) is 1. The molecule has 0 bridgehead atoms. The first-order valence-corrected chi connectivity index (χ1v) is 11.1. The van der Waals surface area contributed by atoms with Gasteiger partial charge in [-0.15, -0.1) is 0 Å². The number of carboxylic acid groups (broad SMARTS) is 1. The molecule has 0 fully saturated rings. The number of aromatic nitrogens is 1. The molecule has 3 rings (SSSR count). The molecule has 148 valence electrons. The van der Waals surface area contributed by atoms with Crippen molar-refractivity contribution >= 4 is 48.7 Å². The Morgan fingerprint density at radius 1 is 1.07 bits per heavy atom. The van der Waals surface area contributed by atoms with E-state index in [4.69, 9.17) is 9.84 Å². The molecule has 1 heterocycles. The van der Waals surface area contributed by atoms with Crippen molar-refractivity contribution in [3.05, 3.63) is 54.2 Å². The number of nitrogens with zero attached hydrogens (tertiary/aromatic N) is 1. The summed E-state index contributed by atoms with van der Waals surface area (Å²) in [5.41, 5.74) is 0.415. The number of aliphatic carboxylic acids is 1. The van der Waals surface area contributed by atoms with Crippen molar-refractivity contribution in [3.8, 4) is 17.4 Å². The number of amides is 1. The average molecular weight is 456 g/mol. The molecular weight excluding hydrogens is 439 g/mol. The monoisotopic (exact) mass is 456 g/mol. The van der Waals surface area contributed by atoms with Crippen LogP contribution in [0.1, 0.15) is 17.4 Å². The first kappa shape index (κ1) is 20.4. The van der Waals surface area contributed by atoms with E-state index in [0.717, 1.165) is 0 Å². The van der Waals surface area contributed by atoms with E-state index in [1.54, 1.807) is 48.5 Å². The van der Waals surface area contributed by atoms with E-state index in [2.05, 4.69) is 10.3 Å². The first-order chi connectivity index (χ1) is 13.8. The summed E-state index contributed by atoms with van der Waals surface area (Å²) >= 11 is -1.52. The number of anilines is 1. The number of aromatic hydroxyl groups is 1. The zero-order valence-electron chi connectivity index (χ0n) is 15.3. The van der Waals surface area contributed by atoms with Gasteiger partial charge in [-0.1, -0.05) is 0 Å². The van der Waals surface area contributed by atoms with Crippen molar-refractivity contribution in [1.29, 1.82) is 0 Å². The van der Waals surface area contributed by atoms with Crippen molar-refractivity contribution in [2.24, 2.45) is 0 Å². The molecule has 3 N–H and O–H groups in total. The number of pyridine rings is 1. The third kappa shape index (κ3) is 4.92.